The van der Waals surface area contributed by atoms with Crippen molar-refractivity contribution in [1.82, 2.24) is 0 Å². The summed E-state index contributed by atoms with van der Waals surface area (Å²) >= 11 is 0. The third-order valence-corrected chi connectivity index (χ3v) is 2.25. The van der Waals surface area contributed by atoms with Gasteiger partial charge in [0.1, 0.15) is 6.04 Å². The standard InChI is InChI=1S/C11H21NO4/c1-3-4-5-16-10(13)7-8(2)6-9(12)11(14)15/h8-9H,3-7,12H2,1-2H3,(H,14,15)/t8?,9-/m0/s1. The van der Waals surface area contributed by atoms with Gasteiger partial charge >= 0.3 is 11.9 Å². The first-order valence-corrected chi connectivity index (χ1v) is 5.61. The van der Waals surface area contributed by atoms with Gasteiger partial charge in [0.05, 0.1) is 6.61 Å². The van der Waals surface area contributed by atoms with Crippen LogP contribution >= 0.6 is 0 Å². The van der Waals surface area contributed by atoms with E-state index in [0.717, 1.165) is 12.8 Å². The third-order valence-electron chi connectivity index (χ3n) is 2.25. The molecule has 0 fully saturated rings. The molecule has 0 radical (unpaired) electrons. The molecule has 0 spiro atoms. The molecule has 5 nitrogen and oxygen atoms in total. The number of carboxylic acid groups (broad SMARTS) is 1. The van der Waals surface area contributed by atoms with Crippen LogP contribution in [0.3, 0.4) is 0 Å². The molecule has 5 heteroatoms. The normalized spacial score (nSPS) is 14.2. The SMILES string of the molecule is CCCCOC(=O)CC(C)C[C@H](N)C(=O)O. The monoisotopic (exact) mass is 231 g/mol. The molecule has 0 aliphatic rings. The molecule has 94 valence electrons. The molecule has 0 bridgehead atoms. The van der Waals surface area contributed by atoms with Gasteiger partial charge in [0.25, 0.3) is 0 Å². The smallest absolute Gasteiger partial charge is 0.320 e. The van der Waals surface area contributed by atoms with E-state index in [1.54, 1.807) is 6.92 Å². The van der Waals surface area contributed by atoms with Crippen LogP contribution in [0.15, 0.2) is 0 Å². The Labute approximate surface area is 96.0 Å². The Bertz CT molecular complexity index is 230. The summed E-state index contributed by atoms with van der Waals surface area (Å²) in [5, 5.41) is 8.60. The second-order valence-electron chi connectivity index (χ2n) is 4.06. The molecule has 0 aliphatic carbocycles. The predicted molar refractivity (Wildman–Crippen MR) is 59.9 cm³/mol. The van der Waals surface area contributed by atoms with Crippen LogP contribution in [0, 0.1) is 5.92 Å². The molecule has 0 aromatic carbocycles. The van der Waals surface area contributed by atoms with Crippen molar-refractivity contribution in [1.29, 1.82) is 0 Å². The Morgan fingerprint density at radius 3 is 2.56 bits per heavy atom. The van der Waals surface area contributed by atoms with Gasteiger partial charge in [-0.1, -0.05) is 20.3 Å². The van der Waals surface area contributed by atoms with Crippen LogP contribution in [0.4, 0.5) is 0 Å². The van der Waals surface area contributed by atoms with Crippen molar-refractivity contribution in [3.05, 3.63) is 0 Å². The van der Waals surface area contributed by atoms with E-state index < -0.39 is 12.0 Å². The van der Waals surface area contributed by atoms with Gasteiger partial charge in [0.15, 0.2) is 0 Å². The summed E-state index contributed by atoms with van der Waals surface area (Å²) in [5.41, 5.74) is 5.36. The Morgan fingerprint density at radius 2 is 2.06 bits per heavy atom. The van der Waals surface area contributed by atoms with Gasteiger partial charge in [0.2, 0.25) is 0 Å². The molecule has 0 aliphatic heterocycles. The lowest BCUT2D eigenvalue weighted by Gasteiger charge is -2.13. The number of unbranched alkanes of at least 4 members (excludes halogenated alkanes) is 1. The van der Waals surface area contributed by atoms with E-state index in [2.05, 4.69) is 0 Å². The Morgan fingerprint density at radius 1 is 1.44 bits per heavy atom. The zero-order valence-electron chi connectivity index (χ0n) is 9.94. The van der Waals surface area contributed by atoms with Gasteiger partial charge in [0, 0.05) is 6.42 Å². The second-order valence-corrected chi connectivity index (χ2v) is 4.06. The molecule has 0 saturated carbocycles. The summed E-state index contributed by atoms with van der Waals surface area (Å²) in [4.78, 5) is 21.8. The quantitative estimate of drug-likeness (QED) is 0.483. The number of hydrogen-bond acceptors (Lipinski definition) is 4. The minimum Gasteiger partial charge on any atom is -0.480 e. The number of hydrogen-bond donors (Lipinski definition) is 2. The van der Waals surface area contributed by atoms with E-state index in [4.69, 9.17) is 15.6 Å². The number of carbonyl (C=O) groups excluding carboxylic acids is 1. The van der Waals surface area contributed by atoms with Crippen molar-refractivity contribution in [2.75, 3.05) is 6.61 Å². The number of aliphatic carboxylic acids is 1. The highest BCUT2D eigenvalue weighted by molar-refractivity contribution is 5.73. The van der Waals surface area contributed by atoms with Gasteiger partial charge in [-0.05, 0) is 18.8 Å². The van der Waals surface area contributed by atoms with Crippen LogP contribution in [-0.2, 0) is 14.3 Å². The first-order valence-electron chi connectivity index (χ1n) is 5.61. The molecule has 16 heavy (non-hydrogen) atoms. The Hall–Kier alpha value is -1.10. The maximum Gasteiger partial charge on any atom is 0.320 e. The molecule has 0 aromatic rings. The van der Waals surface area contributed by atoms with Crippen LogP contribution in [0.2, 0.25) is 0 Å². The van der Waals surface area contributed by atoms with E-state index in [1.807, 2.05) is 6.92 Å². The summed E-state index contributed by atoms with van der Waals surface area (Å²) < 4.78 is 4.97. The van der Waals surface area contributed by atoms with Crippen LogP contribution in [0.1, 0.15) is 39.5 Å². The number of nitrogens with two attached hydrogens (primary N) is 1. The molecule has 0 rings (SSSR count). The van der Waals surface area contributed by atoms with Gasteiger partial charge < -0.3 is 15.6 Å². The number of esters is 1. The lowest BCUT2D eigenvalue weighted by molar-refractivity contribution is -0.145. The molecule has 0 aromatic heterocycles. The number of carboxylic acids is 1. The van der Waals surface area contributed by atoms with Crippen LogP contribution in [-0.4, -0.2) is 29.7 Å². The number of rotatable bonds is 8. The van der Waals surface area contributed by atoms with Crippen molar-refractivity contribution >= 4 is 11.9 Å². The Kier molecular flexibility index (Phi) is 7.54. The molecule has 2 atom stereocenters. The fourth-order valence-corrected chi connectivity index (χ4v) is 1.29. The van der Waals surface area contributed by atoms with Crippen molar-refractivity contribution in [2.45, 2.75) is 45.6 Å². The first-order chi connectivity index (χ1) is 7.47. The first kappa shape index (κ1) is 14.9. The topological polar surface area (TPSA) is 89.6 Å². The summed E-state index contributed by atoms with van der Waals surface area (Å²) in [5.74, 6) is -1.38. The van der Waals surface area contributed by atoms with E-state index in [9.17, 15) is 9.59 Å². The average molecular weight is 231 g/mol. The molecule has 0 saturated heterocycles. The lowest BCUT2D eigenvalue weighted by Crippen LogP contribution is -2.32. The zero-order valence-corrected chi connectivity index (χ0v) is 9.94. The average Bonchev–Trinajstić information content (AvgIpc) is 2.17. The second kappa shape index (κ2) is 8.10. The van der Waals surface area contributed by atoms with Gasteiger partial charge in [-0.3, -0.25) is 9.59 Å². The van der Waals surface area contributed by atoms with Crippen LogP contribution in [0.5, 0.6) is 0 Å². The van der Waals surface area contributed by atoms with Crippen LogP contribution in [0.25, 0.3) is 0 Å². The molecule has 0 heterocycles. The van der Waals surface area contributed by atoms with Gasteiger partial charge in [-0.25, -0.2) is 0 Å². The largest absolute Gasteiger partial charge is 0.480 e. The van der Waals surface area contributed by atoms with Gasteiger partial charge in [-0.15, -0.1) is 0 Å². The maximum atomic E-state index is 11.3. The lowest BCUT2D eigenvalue weighted by atomic mass is 9.99. The zero-order chi connectivity index (χ0) is 12.6. The molecule has 0 amide bonds. The predicted octanol–water partition coefficient (Wildman–Crippen LogP) is 1.16. The van der Waals surface area contributed by atoms with Crippen molar-refractivity contribution in [3.63, 3.8) is 0 Å². The van der Waals surface area contributed by atoms with Crippen molar-refractivity contribution < 1.29 is 19.4 Å². The Balaban J connectivity index is 3.73. The highest BCUT2D eigenvalue weighted by Gasteiger charge is 2.18. The third kappa shape index (κ3) is 7.23. The summed E-state index contributed by atoms with van der Waals surface area (Å²) in [6, 6.07) is -0.904. The minimum atomic E-state index is -1.04. The summed E-state index contributed by atoms with van der Waals surface area (Å²) in [7, 11) is 0. The van der Waals surface area contributed by atoms with E-state index in [0.29, 0.717) is 6.61 Å². The molecule has 3 N–H and O–H groups in total. The molecule has 1 unspecified atom stereocenters. The van der Waals surface area contributed by atoms with Crippen molar-refractivity contribution in [3.8, 4) is 0 Å². The summed E-state index contributed by atoms with van der Waals surface area (Å²) in [6.07, 6.45) is 2.35. The fourth-order valence-electron chi connectivity index (χ4n) is 1.29. The number of carbonyl (C=O) groups is 2. The molecular formula is C11H21NO4. The van der Waals surface area contributed by atoms with E-state index in [-0.39, 0.29) is 24.7 Å². The highest BCUT2D eigenvalue weighted by atomic mass is 16.5. The molecular weight excluding hydrogens is 210 g/mol. The highest BCUT2D eigenvalue weighted by Crippen LogP contribution is 2.10. The fraction of sp³-hybridized carbons (Fsp3) is 0.818. The minimum absolute atomic E-state index is 0.0692. The van der Waals surface area contributed by atoms with E-state index >= 15 is 0 Å². The van der Waals surface area contributed by atoms with Gasteiger partial charge in [-0.2, -0.15) is 0 Å². The number of ether oxygens (including phenoxy) is 1. The van der Waals surface area contributed by atoms with E-state index in [1.165, 1.54) is 0 Å². The van der Waals surface area contributed by atoms with Crippen LogP contribution < -0.4 is 5.73 Å². The summed E-state index contributed by atoms with van der Waals surface area (Å²) in [6.45, 7) is 4.25. The maximum absolute atomic E-state index is 11.3. The van der Waals surface area contributed by atoms with Crippen molar-refractivity contribution in [2.24, 2.45) is 11.7 Å².